The van der Waals surface area contributed by atoms with Gasteiger partial charge in [-0.25, -0.2) is 13.8 Å². The smallest absolute Gasteiger partial charge is 0.261 e. The lowest BCUT2D eigenvalue weighted by atomic mass is 9.99. The summed E-state index contributed by atoms with van der Waals surface area (Å²) in [7, 11) is 2.91. The molecule has 0 saturated heterocycles. The van der Waals surface area contributed by atoms with Crippen molar-refractivity contribution >= 4 is 22.6 Å². The van der Waals surface area contributed by atoms with E-state index < -0.39 is 23.0 Å². The number of carbonyl (C=O) groups is 1. The molecule has 10 nitrogen and oxygen atoms in total. The number of hydrogen-bond donors (Lipinski definition) is 2. The Morgan fingerprint density at radius 3 is 2.45 bits per heavy atom. The summed E-state index contributed by atoms with van der Waals surface area (Å²) in [5, 5.41) is 2.58. The Morgan fingerprint density at radius 2 is 1.77 bits per heavy atom. The molecule has 1 amide bonds. The molecule has 0 radical (unpaired) electrons. The summed E-state index contributed by atoms with van der Waals surface area (Å²) in [6, 6.07) is 12.4. The zero-order valence-electron chi connectivity index (χ0n) is 24.3. The summed E-state index contributed by atoms with van der Waals surface area (Å²) >= 11 is 0. The van der Waals surface area contributed by atoms with Crippen molar-refractivity contribution in [3.8, 4) is 34.3 Å². The summed E-state index contributed by atoms with van der Waals surface area (Å²) in [6.45, 7) is 3.76. The van der Waals surface area contributed by atoms with Crippen molar-refractivity contribution < 1.29 is 32.5 Å². The number of H-pyrrole nitrogens is 1. The van der Waals surface area contributed by atoms with E-state index in [9.17, 15) is 14.0 Å². The molecule has 0 fully saturated rings. The monoisotopic (exact) mass is 602 g/mol. The molecule has 44 heavy (non-hydrogen) atoms. The average Bonchev–Trinajstić information content (AvgIpc) is 2.99. The number of aromatic nitrogens is 3. The maximum Gasteiger partial charge on any atom is 0.261 e. The molecule has 226 valence electrons. The van der Waals surface area contributed by atoms with Crippen molar-refractivity contribution in [1.82, 2.24) is 15.0 Å². The van der Waals surface area contributed by atoms with E-state index in [0.717, 1.165) is 6.07 Å². The lowest BCUT2D eigenvalue weighted by Crippen LogP contribution is -2.27. The number of anilines is 1. The molecule has 0 spiro atoms. The fourth-order valence-electron chi connectivity index (χ4n) is 4.69. The number of carbonyl (C=O) groups excluding carboxylic acids is 1. The van der Waals surface area contributed by atoms with Crippen LogP contribution in [0.2, 0.25) is 0 Å². The molecule has 0 atom stereocenters. The van der Waals surface area contributed by atoms with Gasteiger partial charge in [-0.1, -0.05) is 12.1 Å². The zero-order chi connectivity index (χ0) is 31.4. The Bertz CT molecular complexity index is 1910. The Morgan fingerprint density at radius 1 is 1.00 bits per heavy atom. The largest absolute Gasteiger partial charge is 0.491 e. The first-order chi connectivity index (χ1) is 21.2. The van der Waals surface area contributed by atoms with Crippen LogP contribution < -0.4 is 25.0 Å². The molecule has 3 aromatic heterocycles. The summed E-state index contributed by atoms with van der Waals surface area (Å²) in [6.07, 6.45) is 1.49. The molecule has 0 saturated carbocycles. The number of nitrogens with one attached hydrogen (secondary N) is 2. The topological polar surface area (TPSA) is 125 Å². The fourth-order valence-corrected chi connectivity index (χ4v) is 4.69. The van der Waals surface area contributed by atoms with Crippen molar-refractivity contribution in [2.45, 2.75) is 20.5 Å². The van der Waals surface area contributed by atoms with Crippen LogP contribution in [0.3, 0.4) is 0 Å². The van der Waals surface area contributed by atoms with E-state index in [4.69, 9.17) is 18.9 Å². The van der Waals surface area contributed by atoms with Gasteiger partial charge in [0.05, 0.1) is 31.5 Å². The number of benzene rings is 2. The van der Waals surface area contributed by atoms with Gasteiger partial charge in [-0.2, -0.15) is 0 Å². The molecule has 3 heterocycles. The van der Waals surface area contributed by atoms with Crippen LogP contribution in [0.15, 0.2) is 65.6 Å². The standard InChI is InChI=1S/C32H28F2N4O6/c1-5-43-32-26(42-4)15-22-29(38-32)25(12-13-35-22)44-24-11-10-20(14-21(24)34)37-31(40)28-23(16-41-3)36-17(2)27(30(28)39)18-6-8-19(33)9-7-18/h6-15H,5,16H2,1-4H3,(H,36,39)(H,37,40). The molecule has 2 N–H and O–H groups in total. The first-order valence-electron chi connectivity index (χ1n) is 13.5. The highest BCUT2D eigenvalue weighted by atomic mass is 19.1. The summed E-state index contributed by atoms with van der Waals surface area (Å²) < 4.78 is 50.7. The first kappa shape index (κ1) is 30.1. The highest BCUT2D eigenvalue weighted by Crippen LogP contribution is 2.35. The minimum absolute atomic E-state index is 0.0610. The van der Waals surface area contributed by atoms with Crippen LogP contribution in [0, 0.1) is 18.6 Å². The van der Waals surface area contributed by atoms with Gasteiger partial charge < -0.3 is 29.2 Å². The minimum Gasteiger partial charge on any atom is -0.491 e. The molecule has 0 aliphatic rings. The van der Waals surface area contributed by atoms with Crippen LogP contribution >= 0.6 is 0 Å². The van der Waals surface area contributed by atoms with Gasteiger partial charge in [-0.05, 0) is 43.7 Å². The molecule has 0 unspecified atom stereocenters. The predicted octanol–water partition coefficient (Wildman–Crippen LogP) is 6.17. The molecule has 5 aromatic rings. The number of aromatic amines is 1. The van der Waals surface area contributed by atoms with E-state index in [1.807, 2.05) is 0 Å². The maximum absolute atomic E-state index is 15.3. The van der Waals surface area contributed by atoms with Crippen molar-refractivity contribution in [2.75, 3.05) is 26.1 Å². The van der Waals surface area contributed by atoms with Crippen LogP contribution in [-0.2, 0) is 11.3 Å². The quantitative estimate of drug-likeness (QED) is 0.195. The van der Waals surface area contributed by atoms with Gasteiger partial charge in [0.1, 0.15) is 16.9 Å². The Balaban J connectivity index is 1.45. The van der Waals surface area contributed by atoms with Crippen LogP contribution in [0.4, 0.5) is 14.5 Å². The van der Waals surface area contributed by atoms with Gasteiger partial charge in [0.25, 0.3) is 11.8 Å². The van der Waals surface area contributed by atoms with Crippen molar-refractivity contribution in [1.29, 1.82) is 0 Å². The number of nitrogens with zero attached hydrogens (tertiary/aromatic N) is 2. The Kier molecular flexibility index (Phi) is 8.81. The van der Waals surface area contributed by atoms with Gasteiger partial charge >= 0.3 is 0 Å². The number of methoxy groups -OCH3 is 2. The number of aryl methyl sites for hydroxylation is 1. The van der Waals surface area contributed by atoms with Gasteiger partial charge in [-0.15, -0.1) is 0 Å². The lowest BCUT2D eigenvalue weighted by molar-refractivity contribution is 0.101. The summed E-state index contributed by atoms with van der Waals surface area (Å²) in [5.74, 6) is -1.32. The van der Waals surface area contributed by atoms with E-state index in [1.54, 1.807) is 19.9 Å². The number of fused-ring (bicyclic) bond motifs is 1. The van der Waals surface area contributed by atoms with E-state index >= 15 is 4.39 Å². The van der Waals surface area contributed by atoms with E-state index in [2.05, 4.69) is 20.3 Å². The molecule has 5 rings (SSSR count). The van der Waals surface area contributed by atoms with Gasteiger partial charge in [-0.3, -0.25) is 14.6 Å². The molecule has 0 bridgehead atoms. The first-order valence-corrected chi connectivity index (χ1v) is 13.5. The van der Waals surface area contributed by atoms with Crippen molar-refractivity contribution in [3.05, 3.63) is 99.6 Å². The van der Waals surface area contributed by atoms with Gasteiger partial charge in [0.2, 0.25) is 5.43 Å². The molecular weight excluding hydrogens is 574 g/mol. The third-order valence-electron chi connectivity index (χ3n) is 6.64. The van der Waals surface area contributed by atoms with Crippen molar-refractivity contribution in [3.63, 3.8) is 0 Å². The van der Waals surface area contributed by atoms with Crippen LogP contribution in [0.25, 0.3) is 22.2 Å². The minimum atomic E-state index is -0.784. The van der Waals surface area contributed by atoms with E-state index in [1.165, 1.54) is 62.9 Å². The number of pyridine rings is 3. The average molecular weight is 603 g/mol. The van der Waals surface area contributed by atoms with Crippen molar-refractivity contribution in [2.24, 2.45) is 0 Å². The summed E-state index contributed by atoms with van der Waals surface area (Å²) in [5.41, 5.74) is 1.39. The number of hydrogen-bond acceptors (Lipinski definition) is 8. The second-order valence-corrected chi connectivity index (χ2v) is 9.55. The normalized spacial score (nSPS) is 11.0. The summed E-state index contributed by atoms with van der Waals surface area (Å²) in [4.78, 5) is 38.8. The van der Waals surface area contributed by atoms with Crippen LogP contribution in [-0.4, -0.2) is 41.7 Å². The van der Waals surface area contributed by atoms with Crippen LogP contribution in [0.5, 0.6) is 23.1 Å². The van der Waals surface area contributed by atoms with E-state index in [0.29, 0.717) is 34.6 Å². The third kappa shape index (κ3) is 6.06. The molecular formula is C32H28F2N4O6. The third-order valence-corrected chi connectivity index (χ3v) is 6.64. The predicted molar refractivity (Wildman–Crippen MR) is 160 cm³/mol. The fraction of sp³-hybridized carbons (Fsp3) is 0.188. The number of amides is 1. The molecule has 12 heteroatoms. The number of rotatable bonds is 10. The SMILES string of the molecule is CCOc1nc2c(Oc3ccc(NC(=O)c4c(COC)[nH]c(C)c(-c5ccc(F)cc5)c4=O)cc3F)ccnc2cc1OC. The molecule has 0 aliphatic heterocycles. The zero-order valence-corrected chi connectivity index (χ0v) is 24.3. The van der Waals surface area contributed by atoms with Crippen LogP contribution in [0.1, 0.15) is 28.7 Å². The highest BCUT2D eigenvalue weighted by molar-refractivity contribution is 6.05. The van der Waals surface area contributed by atoms with Gasteiger partial charge in [0.15, 0.2) is 23.1 Å². The number of halogens is 2. The Labute approximate surface area is 250 Å². The highest BCUT2D eigenvalue weighted by Gasteiger charge is 2.23. The van der Waals surface area contributed by atoms with Gasteiger partial charge in [0, 0.05) is 48.5 Å². The molecule has 2 aromatic carbocycles. The lowest BCUT2D eigenvalue weighted by Gasteiger charge is -2.15. The number of ether oxygens (including phenoxy) is 4. The maximum atomic E-state index is 15.3. The second kappa shape index (κ2) is 12.9. The van der Waals surface area contributed by atoms with E-state index in [-0.39, 0.29) is 46.5 Å². The Hall–Kier alpha value is -5.36. The molecule has 0 aliphatic carbocycles. The second-order valence-electron chi connectivity index (χ2n) is 9.55.